The zero-order valence-electron chi connectivity index (χ0n) is 8.51. The molecule has 0 saturated carbocycles. The summed E-state index contributed by atoms with van der Waals surface area (Å²) in [4.78, 5) is 0. The van der Waals surface area contributed by atoms with Crippen molar-refractivity contribution in [3.05, 3.63) is 41.4 Å². The highest BCUT2D eigenvalue weighted by molar-refractivity contribution is 7.80. The molecule has 1 aromatic rings. The standard InChI is InChI=1S/C11H13ClN2S/c1-3-6-13-11(15)14-9-5-4-8(2)10(12)7-9/h3-5,7H,1,6H2,2H3,(H2,13,14,15). The van der Waals surface area contributed by atoms with Crippen LogP contribution in [0.3, 0.4) is 0 Å². The summed E-state index contributed by atoms with van der Waals surface area (Å²) in [6, 6.07) is 5.72. The van der Waals surface area contributed by atoms with Gasteiger partial charge >= 0.3 is 0 Å². The first kappa shape index (κ1) is 12.0. The number of nitrogens with one attached hydrogen (secondary N) is 2. The van der Waals surface area contributed by atoms with Crippen molar-refractivity contribution in [1.29, 1.82) is 0 Å². The number of hydrogen-bond acceptors (Lipinski definition) is 1. The molecule has 2 N–H and O–H groups in total. The van der Waals surface area contributed by atoms with Crippen molar-refractivity contribution in [2.24, 2.45) is 0 Å². The Hall–Kier alpha value is -1.06. The van der Waals surface area contributed by atoms with Crippen molar-refractivity contribution in [1.82, 2.24) is 5.32 Å². The Bertz CT molecular complexity index is 377. The highest BCUT2D eigenvalue weighted by Crippen LogP contribution is 2.19. The van der Waals surface area contributed by atoms with Gasteiger partial charge in [-0.25, -0.2) is 0 Å². The van der Waals surface area contributed by atoms with Gasteiger partial charge in [-0.05, 0) is 36.8 Å². The Morgan fingerprint density at radius 3 is 2.93 bits per heavy atom. The highest BCUT2D eigenvalue weighted by atomic mass is 35.5. The maximum Gasteiger partial charge on any atom is 0.171 e. The summed E-state index contributed by atoms with van der Waals surface area (Å²) in [7, 11) is 0. The Balaban J connectivity index is 2.60. The van der Waals surface area contributed by atoms with E-state index in [-0.39, 0.29) is 0 Å². The fourth-order valence-electron chi connectivity index (χ4n) is 1.01. The zero-order chi connectivity index (χ0) is 11.3. The Morgan fingerprint density at radius 1 is 1.60 bits per heavy atom. The molecule has 1 rings (SSSR count). The lowest BCUT2D eigenvalue weighted by Crippen LogP contribution is -2.28. The van der Waals surface area contributed by atoms with Crippen molar-refractivity contribution >= 4 is 34.6 Å². The molecule has 0 heterocycles. The predicted molar refractivity (Wildman–Crippen MR) is 70.6 cm³/mol. The molecular weight excluding hydrogens is 228 g/mol. The molecule has 0 saturated heterocycles. The minimum absolute atomic E-state index is 0.565. The van der Waals surface area contributed by atoms with E-state index < -0.39 is 0 Å². The van der Waals surface area contributed by atoms with Crippen molar-refractivity contribution in [3.8, 4) is 0 Å². The molecule has 0 unspecified atom stereocenters. The third-order valence-corrected chi connectivity index (χ3v) is 2.49. The molecule has 0 aliphatic carbocycles. The normalized spacial score (nSPS) is 9.47. The van der Waals surface area contributed by atoms with Gasteiger partial charge in [-0.3, -0.25) is 0 Å². The maximum atomic E-state index is 5.98. The fraction of sp³-hybridized carbons (Fsp3) is 0.182. The summed E-state index contributed by atoms with van der Waals surface area (Å²) in [5.74, 6) is 0. The van der Waals surface area contributed by atoms with Crippen LogP contribution in [0, 0.1) is 6.92 Å². The van der Waals surface area contributed by atoms with E-state index in [1.165, 1.54) is 0 Å². The minimum Gasteiger partial charge on any atom is -0.359 e. The molecule has 0 radical (unpaired) electrons. The lowest BCUT2D eigenvalue weighted by molar-refractivity contribution is 1.06. The fourth-order valence-corrected chi connectivity index (χ4v) is 1.39. The lowest BCUT2D eigenvalue weighted by atomic mass is 10.2. The molecular formula is C11H13ClN2S. The Labute approximate surface area is 100 Å². The van der Waals surface area contributed by atoms with Gasteiger partial charge in [0.2, 0.25) is 0 Å². The van der Waals surface area contributed by atoms with Gasteiger partial charge in [0.25, 0.3) is 0 Å². The van der Waals surface area contributed by atoms with Gasteiger partial charge in [-0.1, -0.05) is 23.7 Å². The van der Waals surface area contributed by atoms with Crippen LogP contribution in [0.1, 0.15) is 5.56 Å². The number of aryl methyl sites for hydroxylation is 1. The molecule has 80 valence electrons. The van der Waals surface area contributed by atoms with Gasteiger partial charge in [0, 0.05) is 17.3 Å². The van der Waals surface area contributed by atoms with Crippen LogP contribution in [0.5, 0.6) is 0 Å². The summed E-state index contributed by atoms with van der Waals surface area (Å²) in [5, 5.41) is 7.30. The summed E-state index contributed by atoms with van der Waals surface area (Å²) in [6.45, 7) is 6.20. The maximum absolute atomic E-state index is 5.98. The minimum atomic E-state index is 0.565. The van der Waals surface area contributed by atoms with Crippen LogP contribution < -0.4 is 10.6 Å². The zero-order valence-corrected chi connectivity index (χ0v) is 10.1. The first-order valence-electron chi connectivity index (χ1n) is 4.55. The van der Waals surface area contributed by atoms with Crippen LogP contribution in [-0.4, -0.2) is 11.7 Å². The van der Waals surface area contributed by atoms with Crippen molar-refractivity contribution in [2.75, 3.05) is 11.9 Å². The van der Waals surface area contributed by atoms with Crippen LogP contribution in [0.25, 0.3) is 0 Å². The summed E-state index contributed by atoms with van der Waals surface area (Å²) < 4.78 is 0. The third-order valence-electron chi connectivity index (χ3n) is 1.84. The van der Waals surface area contributed by atoms with Gasteiger partial charge in [-0.15, -0.1) is 6.58 Å². The lowest BCUT2D eigenvalue weighted by Gasteiger charge is -2.09. The molecule has 4 heteroatoms. The van der Waals surface area contributed by atoms with E-state index >= 15 is 0 Å². The molecule has 0 bridgehead atoms. The molecule has 0 spiro atoms. The van der Waals surface area contributed by atoms with Gasteiger partial charge in [0.05, 0.1) is 0 Å². The number of halogens is 1. The van der Waals surface area contributed by atoms with Crippen LogP contribution in [0.2, 0.25) is 5.02 Å². The molecule has 0 aliphatic heterocycles. The SMILES string of the molecule is C=CCNC(=S)Nc1ccc(C)c(Cl)c1. The van der Waals surface area contributed by atoms with E-state index in [2.05, 4.69) is 17.2 Å². The predicted octanol–water partition coefficient (Wildman–Crippen LogP) is 3.12. The number of rotatable bonds is 3. The van der Waals surface area contributed by atoms with Crippen LogP contribution in [-0.2, 0) is 0 Å². The summed E-state index contributed by atoms with van der Waals surface area (Å²) in [5.41, 5.74) is 1.93. The molecule has 1 aromatic carbocycles. The Kier molecular flexibility index (Phi) is 4.59. The van der Waals surface area contributed by atoms with Gasteiger partial charge in [0.1, 0.15) is 0 Å². The number of anilines is 1. The molecule has 0 amide bonds. The number of hydrogen-bond donors (Lipinski definition) is 2. The summed E-state index contributed by atoms with van der Waals surface area (Å²) >= 11 is 11.0. The van der Waals surface area contributed by atoms with Crippen molar-refractivity contribution in [2.45, 2.75) is 6.92 Å². The molecule has 2 nitrogen and oxygen atoms in total. The average molecular weight is 241 g/mol. The number of thiocarbonyl (C=S) groups is 1. The smallest absolute Gasteiger partial charge is 0.171 e. The van der Waals surface area contributed by atoms with Crippen molar-refractivity contribution in [3.63, 3.8) is 0 Å². The molecule has 0 aliphatic rings. The summed E-state index contributed by atoms with van der Waals surface area (Å²) in [6.07, 6.45) is 1.75. The van der Waals surface area contributed by atoms with Crippen LogP contribution in [0.4, 0.5) is 5.69 Å². The van der Waals surface area contributed by atoms with Crippen molar-refractivity contribution < 1.29 is 0 Å². The van der Waals surface area contributed by atoms with Gasteiger partial charge in [0.15, 0.2) is 5.11 Å². The van der Waals surface area contributed by atoms with Crippen LogP contribution in [0.15, 0.2) is 30.9 Å². The first-order chi connectivity index (χ1) is 7.13. The molecule has 0 atom stereocenters. The van der Waals surface area contributed by atoms with Gasteiger partial charge < -0.3 is 10.6 Å². The molecule has 0 aromatic heterocycles. The topological polar surface area (TPSA) is 24.1 Å². The van der Waals surface area contributed by atoms with E-state index in [1.807, 2.05) is 25.1 Å². The quantitative estimate of drug-likeness (QED) is 0.627. The van der Waals surface area contributed by atoms with E-state index in [9.17, 15) is 0 Å². The second kappa shape index (κ2) is 5.73. The first-order valence-corrected chi connectivity index (χ1v) is 5.34. The van der Waals surface area contributed by atoms with E-state index in [0.717, 1.165) is 16.3 Å². The van der Waals surface area contributed by atoms with E-state index in [1.54, 1.807) is 6.08 Å². The number of benzene rings is 1. The van der Waals surface area contributed by atoms with E-state index in [4.69, 9.17) is 23.8 Å². The molecule has 15 heavy (non-hydrogen) atoms. The highest BCUT2D eigenvalue weighted by Gasteiger charge is 1.99. The third kappa shape index (κ3) is 3.90. The second-order valence-electron chi connectivity index (χ2n) is 3.09. The second-order valence-corrected chi connectivity index (χ2v) is 3.90. The Morgan fingerprint density at radius 2 is 2.33 bits per heavy atom. The van der Waals surface area contributed by atoms with Gasteiger partial charge in [-0.2, -0.15) is 0 Å². The van der Waals surface area contributed by atoms with E-state index in [0.29, 0.717) is 11.7 Å². The molecule has 0 fully saturated rings. The van der Waals surface area contributed by atoms with Crippen LogP contribution >= 0.6 is 23.8 Å². The average Bonchev–Trinajstić information content (AvgIpc) is 2.20. The largest absolute Gasteiger partial charge is 0.359 e. The monoisotopic (exact) mass is 240 g/mol.